The molecule has 3 rings (SSSR count). The Morgan fingerprint density at radius 3 is 3.10 bits per heavy atom. The van der Waals surface area contributed by atoms with Crippen LogP contribution < -0.4 is 10.1 Å². The molecular formula is C12H15N3O4S. The summed E-state index contributed by atoms with van der Waals surface area (Å²) in [6, 6.07) is -0.397. The van der Waals surface area contributed by atoms with Crippen LogP contribution in [0, 0.1) is 5.92 Å². The first-order valence-electron chi connectivity index (χ1n) is 6.40. The lowest BCUT2D eigenvalue weighted by atomic mass is 10.0. The number of amides is 2. The van der Waals surface area contributed by atoms with Crippen LogP contribution >= 0.6 is 11.3 Å². The van der Waals surface area contributed by atoms with Crippen molar-refractivity contribution in [1.82, 2.24) is 9.88 Å². The Hall–Kier alpha value is -1.83. The molecule has 1 saturated carbocycles. The van der Waals surface area contributed by atoms with Gasteiger partial charge in [-0.05, 0) is 25.2 Å². The maximum atomic E-state index is 12.3. The summed E-state index contributed by atoms with van der Waals surface area (Å²) in [6.45, 7) is 0.469. The molecule has 2 heterocycles. The summed E-state index contributed by atoms with van der Waals surface area (Å²) < 4.78 is 5.01. The monoisotopic (exact) mass is 297 g/mol. The first-order chi connectivity index (χ1) is 9.57. The Morgan fingerprint density at radius 2 is 2.45 bits per heavy atom. The van der Waals surface area contributed by atoms with E-state index in [1.54, 1.807) is 0 Å². The van der Waals surface area contributed by atoms with Crippen molar-refractivity contribution < 1.29 is 19.4 Å². The van der Waals surface area contributed by atoms with Gasteiger partial charge in [0, 0.05) is 6.54 Å². The lowest BCUT2D eigenvalue weighted by Gasteiger charge is -2.33. The average molecular weight is 297 g/mol. The number of rotatable bonds is 3. The molecule has 0 aromatic carbocycles. The molecule has 8 heteroatoms. The maximum absolute atomic E-state index is 12.3. The summed E-state index contributed by atoms with van der Waals surface area (Å²) in [4.78, 5) is 29.2. The van der Waals surface area contributed by atoms with Crippen LogP contribution in [0.15, 0.2) is 6.20 Å². The van der Waals surface area contributed by atoms with Gasteiger partial charge in [0.25, 0.3) is 0 Å². The second-order valence-corrected chi connectivity index (χ2v) is 6.04. The second-order valence-electron chi connectivity index (χ2n) is 5.04. The molecule has 7 nitrogen and oxygen atoms in total. The summed E-state index contributed by atoms with van der Waals surface area (Å²) >= 11 is 1.21. The summed E-state index contributed by atoms with van der Waals surface area (Å²) in [7, 11) is 1.53. The third-order valence-electron chi connectivity index (χ3n) is 4.00. The number of hydrogen-bond donors (Lipinski definition) is 2. The van der Waals surface area contributed by atoms with Crippen LogP contribution in [0.2, 0.25) is 0 Å². The molecule has 108 valence electrons. The zero-order valence-corrected chi connectivity index (χ0v) is 11.8. The number of nitrogens with zero attached hydrogens (tertiary/aromatic N) is 2. The molecule has 0 bridgehead atoms. The minimum absolute atomic E-state index is 0.0883. The van der Waals surface area contributed by atoms with Gasteiger partial charge in [-0.2, -0.15) is 0 Å². The van der Waals surface area contributed by atoms with Crippen molar-refractivity contribution in [3.05, 3.63) is 6.20 Å². The molecule has 2 N–H and O–H groups in total. The Balaban J connectivity index is 1.74. The van der Waals surface area contributed by atoms with Crippen molar-refractivity contribution >= 4 is 28.5 Å². The highest BCUT2D eigenvalue weighted by Gasteiger charge is 2.66. The molecule has 1 aromatic rings. The average Bonchev–Trinajstić information content (AvgIpc) is 3.04. The smallest absolute Gasteiger partial charge is 0.329 e. The summed E-state index contributed by atoms with van der Waals surface area (Å²) in [6.07, 6.45) is 3.79. The normalized spacial score (nSPS) is 27.6. The number of likely N-dealkylation sites (tertiary alicyclic amines) is 1. The van der Waals surface area contributed by atoms with Gasteiger partial charge >= 0.3 is 12.0 Å². The number of piperidine rings is 1. The van der Waals surface area contributed by atoms with Crippen LogP contribution in [-0.2, 0) is 4.79 Å². The molecular weight excluding hydrogens is 282 g/mol. The van der Waals surface area contributed by atoms with Gasteiger partial charge in [0.2, 0.25) is 0 Å². The highest BCUT2D eigenvalue weighted by molar-refractivity contribution is 7.17. The number of carbonyl (C=O) groups excluding carboxylic acids is 1. The van der Waals surface area contributed by atoms with Crippen LogP contribution in [0.5, 0.6) is 5.06 Å². The first kappa shape index (κ1) is 13.2. The van der Waals surface area contributed by atoms with Gasteiger partial charge in [0.05, 0.1) is 13.3 Å². The van der Waals surface area contributed by atoms with Crippen molar-refractivity contribution in [3.63, 3.8) is 0 Å². The number of fused-ring (bicyclic) bond motifs is 1. The van der Waals surface area contributed by atoms with Crippen molar-refractivity contribution in [1.29, 1.82) is 0 Å². The van der Waals surface area contributed by atoms with Crippen LogP contribution in [0.25, 0.3) is 0 Å². The van der Waals surface area contributed by atoms with Gasteiger partial charge in [-0.25, -0.2) is 14.6 Å². The van der Waals surface area contributed by atoms with Crippen molar-refractivity contribution in [3.8, 4) is 5.06 Å². The highest BCUT2D eigenvalue weighted by atomic mass is 32.1. The van der Waals surface area contributed by atoms with Crippen molar-refractivity contribution in [2.75, 3.05) is 19.0 Å². The minimum Gasteiger partial charge on any atom is -0.486 e. The molecule has 0 unspecified atom stereocenters. The molecule has 2 aliphatic rings. The van der Waals surface area contributed by atoms with E-state index in [1.807, 2.05) is 0 Å². The number of methoxy groups -OCH3 is 1. The molecule has 2 atom stereocenters. The van der Waals surface area contributed by atoms with Gasteiger partial charge in [-0.1, -0.05) is 11.3 Å². The van der Waals surface area contributed by atoms with E-state index in [-0.39, 0.29) is 5.92 Å². The van der Waals surface area contributed by atoms with Gasteiger partial charge in [0.1, 0.15) is 5.54 Å². The summed E-state index contributed by atoms with van der Waals surface area (Å²) in [5, 5.41) is 13.1. The van der Waals surface area contributed by atoms with E-state index < -0.39 is 17.5 Å². The fourth-order valence-corrected chi connectivity index (χ4v) is 3.54. The Morgan fingerprint density at radius 1 is 1.65 bits per heavy atom. The Bertz CT molecular complexity index is 561. The number of anilines is 1. The highest BCUT2D eigenvalue weighted by Crippen LogP contribution is 2.54. The topological polar surface area (TPSA) is 91.8 Å². The van der Waals surface area contributed by atoms with Crippen LogP contribution in [0.3, 0.4) is 0 Å². The van der Waals surface area contributed by atoms with Gasteiger partial charge in [-0.3, -0.25) is 5.32 Å². The third kappa shape index (κ3) is 1.91. The van der Waals surface area contributed by atoms with Crippen molar-refractivity contribution in [2.45, 2.75) is 24.8 Å². The number of ether oxygens (including phenoxy) is 1. The molecule has 1 aliphatic carbocycles. The molecule has 1 aromatic heterocycles. The number of carboxylic acids is 1. The largest absolute Gasteiger partial charge is 0.486 e. The molecule has 0 radical (unpaired) electrons. The number of thiazole rings is 1. The zero-order chi connectivity index (χ0) is 14.3. The van der Waals surface area contributed by atoms with E-state index in [4.69, 9.17) is 4.74 Å². The van der Waals surface area contributed by atoms with E-state index in [2.05, 4.69) is 10.3 Å². The number of aliphatic carboxylic acids is 1. The van der Waals surface area contributed by atoms with E-state index in [0.29, 0.717) is 23.2 Å². The van der Waals surface area contributed by atoms with Crippen LogP contribution in [-0.4, -0.2) is 46.2 Å². The fraction of sp³-hybridized carbons (Fsp3) is 0.583. The molecule has 1 saturated heterocycles. The van der Waals surface area contributed by atoms with Crippen molar-refractivity contribution in [2.24, 2.45) is 5.92 Å². The SMILES string of the molecule is COc1cnc(NC(=O)N2CCC[C@@H]3C[C@@]32C(=O)O)s1. The van der Waals surface area contributed by atoms with Gasteiger partial charge < -0.3 is 14.7 Å². The number of nitrogens with one attached hydrogen (secondary N) is 1. The van der Waals surface area contributed by atoms with Gasteiger partial charge in [-0.15, -0.1) is 0 Å². The summed E-state index contributed by atoms with van der Waals surface area (Å²) in [5.41, 5.74) is -0.996. The van der Waals surface area contributed by atoms with E-state index in [9.17, 15) is 14.7 Å². The fourth-order valence-electron chi connectivity index (χ4n) is 2.91. The molecule has 2 fully saturated rings. The van der Waals surface area contributed by atoms with E-state index >= 15 is 0 Å². The maximum Gasteiger partial charge on any atom is 0.329 e. The minimum atomic E-state index is -0.996. The quantitative estimate of drug-likeness (QED) is 0.884. The predicted octanol–water partition coefficient (Wildman–Crippen LogP) is 1.62. The number of aromatic nitrogens is 1. The van der Waals surface area contributed by atoms with Crippen LogP contribution in [0.4, 0.5) is 9.93 Å². The van der Waals surface area contributed by atoms with Gasteiger partial charge in [0.15, 0.2) is 10.2 Å². The predicted molar refractivity (Wildman–Crippen MR) is 72.1 cm³/mol. The first-order valence-corrected chi connectivity index (χ1v) is 7.21. The number of carbonyl (C=O) groups is 2. The third-order valence-corrected chi connectivity index (χ3v) is 4.88. The molecule has 20 heavy (non-hydrogen) atoms. The summed E-state index contributed by atoms with van der Waals surface area (Å²) in [5.74, 6) is -0.820. The second kappa shape index (κ2) is 4.62. The Labute approximate surface area is 119 Å². The number of hydrogen-bond acceptors (Lipinski definition) is 5. The molecule has 0 spiro atoms. The standard InChI is InChI=1S/C12H15N3O4S/c1-19-8-6-13-10(20-8)14-11(18)15-4-2-3-7-5-12(7,15)9(16)17/h6-7H,2-5H2,1H3,(H,16,17)(H,13,14,18)/t7-,12+/m1/s1. The molecule has 2 amide bonds. The molecule has 1 aliphatic heterocycles. The number of urea groups is 1. The zero-order valence-electron chi connectivity index (χ0n) is 11.0. The lowest BCUT2D eigenvalue weighted by Crippen LogP contribution is -2.52. The van der Waals surface area contributed by atoms with E-state index in [1.165, 1.54) is 29.5 Å². The van der Waals surface area contributed by atoms with E-state index in [0.717, 1.165) is 12.8 Å². The lowest BCUT2D eigenvalue weighted by molar-refractivity contribution is -0.145. The number of carboxylic acid groups (broad SMARTS) is 1. The Kier molecular flexibility index (Phi) is 3.04. The van der Waals surface area contributed by atoms with Crippen LogP contribution in [0.1, 0.15) is 19.3 Å².